The number of rotatable bonds is 4. The molecule has 2 rings (SSSR count). The Labute approximate surface area is 91.4 Å². The summed E-state index contributed by atoms with van der Waals surface area (Å²) in [5.74, 6) is 1.94. The molecular formula is C12H20N2O. The van der Waals surface area contributed by atoms with Crippen LogP contribution in [0.5, 0.6) is 0 Å². The molecule has 0 saturated carbocycles. The third kappa shape index (κ3) is 2.83. The summed E-state index contributed by atoms with van der Waals surface area (Å²) in [5, 5.41) is 3.12. The third-order valence-electron chi connectivity index (χ3n) is 2.98. The van der Waals surface area contributed by atoms with Gasteiger partial charge in [-0.1, -0.05) is 6.92 Å². The van der Waals surface area contributed by atoms with E-state index in [1.54, 1.807) is 0 Å². The van der Waals surface area contributed by atoms with Crippen LogP contribution in [0.1, 0.15) is 24.7 Å². The van der Waals surface area contributed by atoms with E-state index in [0.29, 0.717) is 0 Å². The first-order chi connectivity index (χ1) is 7.28. The van der Waals surface area contributed by atoms with Gasteiger partial charge in [0.25, 0.3) is 0 Å². The van der Waals surface area contributed by atoms with Gasteiger partial charge in [0, 0.05) is 18.7 Å². The smallest absolute Gasteiger partial charge is 0.118 e. The molecule has 0 radical (unpaired) electrons. The Kier molecular flexibility index (Phi) is 3.44. The number of nitrogens with one attached hydrogen (secondary N) is 1. The van der Waals surface area contributed by atoms with Gasteiger partial charge in [-0.15, -0.1) is 0 Å². The second-order valence-corrected chi connectivity index (χ2v) is 4.58. The summed E-state index contributed by atoms with van der Waals surface area (Å²) in [6.45, 7) is 6.59. The number of hydrogen-bond acceptors (Lipinski definition) is 3. The second kappa shape index (κ2) is 4.81. The van der Waals surface area contributed by atoms with Crippen LogP contribution in [-0.2, 0) is 13.1 Å². The molecule has 0 spiro atoms. The largest absolute Gasteiger partial charge is 0.468 e. The van der Waals surface area contributed by atoms with Crippen molar-refractivity contribution in [3.8, 4) is 0 Å². The van der Waals surface area contributed by atoms with Crippen molar-refractivity contribution in [2.24, 2.45) is 5.92 Å². The van der Waals surface area contributed by atoms with E-state index in [2.05, 4.69) is 23.2 Å². The fourth-order valence-electron chi connectivity index (χ4n) is 2.20. The molecule has 1 atom stereocenters. The molecule has 1 aliphatic rings. The standard InChI is InChI=1S/C12H20N2O/c1-10-3-4-14(7-10)8-12-5-11(6-13-2)9-15-12/h5,9-10,13H,3-4,6-8H2,1-2H3. The lowest BCUT2D eigenvalue weighted by atomic mass is 10.2. The average Bonchev–Trinajstić information content (AvgIpc) is 2.78. The summed E-state index contributed by atoms with van der Waals surface area (Å²) in [4.78, 5) is 2.46. The van der Waals surface area contributed by atoms with Crippen LogP contribution in [0.4, 0.5) is 0 Å². The number of likely N-dealkylation sites (tertiary alicyclic amines) is 1. The molecule has 1 unspecified atom stereocenters. The molecule has 1 aromatic rings. The van der Waals surface area contributed by atoms with E-state index in [4.69, 9.17) is 4.42 Å². The van der Waals surface area contributed by atoms with E-state index in [1.165, 1.54) is 25.1 Å². The second-order valence-electron chi connectivity index (χ2n) is 4.58. The van der Waals surface area contributed by atoms with Crippen LogP contribution in [0.15, 0.2) is 16.7 Å². The van der Waals surface area contributed by atoms with Crippen LogP contribution < -0.4 is 5.32 Å². The van der Waals surface area contributed by atoms with Crippen molar-refractivity contribution in [2.75, 3.05) is 20.1 Å². The zero-order valence-electron chi connectivity index (χ0n) is 9.62. The molecule has 3 nitrogen and oxygen atoms in total. The Balaban J connectivity index is 1.87. The van der Waals surface area contributed by atoms with Crippen LogP contribution in [0.3, 0.4) is 0 Å². The van der Waals surface area contributed by atoms with Gasteiger partial charge >= 0.3 is 0 Å². The Morgan fingerprint density at radius 1 is 1.60 bits per heavy atom. The predicted octanol–water partition coefficient (Wildman–Crippen LogP) is 1.84. The third-order valence-corrected chi connectivity index (χ3v) is 2.98. The Morgan fingerprint density at radius 2 is 2.47 bits per heavy atom. The van der Waals surface area contributed by atoms with Crippen molar-refractivity contribution in [1.82, 2.24) is 10.2 Å². The zero-order chi connectivity index (χ0) is 10.7. The molecule has 0 aromatic carbocycles. The highest BCUT2D eigenvalue weighted by Gasteiger charge is 2.19. The van der Waals surface area contributed by atoms with Crippen molar-refractivity contribution < 1.29 is 4.42 Å². The van der Waals surface area contributed by atoms with Gasteiger partial charge in [-0.05, 0) is 32.0 Å². The minimum atomic E-state index is 0.844. The zero-order valence-corrected chi connectivity index (χ0v) is 9.62. The van der Waals surface area contributed by atoms with Gasteiger partial charge in [0.2, 0.25) is 0 Å². The van der Waals surface area contributed by atoms with Crippen LogP contribution in [-0.4, -0.2) is 25.0 Å². The van der Waals surface area contributed by atoms with Gasteiger partial charge in [0.15, 0.2) is 0 Å². The van der Waals surface area contributed by atoms with E-state index in [9.17, 15) is 0 Å². The molecule has 2 heterocycles. The van der Waals surface area contributed by atoms with E-state index in [1.807, 2.05) is 13.3 Å². The minimum absolute atomic E-state index is 0.844. The predicted molar refractivity (Wildman–Crippen MR) is 60.5 cm³/mol. The fraction of sp³-hybridized carbons (Fsp3) is 0.667. The topological polar surface area (TPSA) is 28.4 Å². The maximum atomic E-state index is 5.53. The Hall–Kier alpha value is -0.800. The molecule has 0 amide bonds. The number of nitrogens with zero attached hydrogens (tertiary/aromatic N) is 1. The maximum Gasteiger partial charge on any atom is 0.118 e. The van der Waals surface area contributed by atoms with Crippen LogP contribution in [0.2, 0.25) is 0 Å². The van der Waals surface area contributed by atoms with Crippen molar-refractivity contribution in [3.05, 3.63) is 23.7 Å². The highest BCUT2D eigenvalue weighted by molar-refractivity contribution is 5.12. The summed E-state index contributed by atoms with van der Waals surface area (Å²) >= 11 is 0. The van der Waals surface area contributed by atoms with Crippen molar-refractivity contribution in [1.29, 1.82) is 0 Å². The maximum absolute atomic E-state index is 5.53. The molecule has 1 aliphatic heterocycles. The Bertz CT molecular complexity index is 308. The molecular weight excluding hydrogens is 188 g/mol. The van der Waals surface area contributed by atoms with Gasteiger partial charge in [0.05, 0.1) is 12.8 Å². The fourth-order valence-corrected chi connectivity index (χ4v) is 2.20. The lowest BCUT2D eigenvalue weighted by Gasteiger charge is -2.12. The van der Waals surface area contributed by atoms with Gasteiger partial charge < -0.3 is 9.73 Å². The monoisotopic (exact) mass is 208 g/mol. The van der Waals surface area contributed by atoms with Crippen molar-refractivity contribution in [2.45, 2.75) is 26.4 Å². The lowest BCUT2D eigenvalue weighted by molar-refractivity contribution is 0.289. The summed E-state index contributed by atoms with van der Waals surface area (Å²) in [6, 6.07) is 2.15. The van der Waals surface area contributed by atoms with E-state index >= 15 is 0 Å². The van der Waals surface area contributed by atoms with Crippen LogP contribution in [0.25, 0.3) is 0 Å². The van der Waals surface area contributed by atoms with Crippen molar-refractivity contribution >= 4 is 0 Å². The van der Waals surface area contributed by atoms with E-state index in [-0.39, 0.29) is 0 Å². The van der Waals surface area contributed by atoms with E-state index in [0.717, 1.165) is 24.8 Å². The lowest BCUT2D eigenvalue weighted by Crippen LogP contribution is -2.19. The highest BCUT2D eigenvalue weighted by Crippen LogP contribution is 2.18. The number of hydrogen-bond donors (Lipinski definition) is 1. The quantitative estimate of drug-likeness (QED) is 0.818. The van der Waals surface area contributed by atoms with Gasteiger partial charge in [-0.2, -0.15) is 0 Å². The molecule has 1 saturated heterocycles. The average molecular weight is 208 g/mol. The molecule has 3 heteroatoms. The van der Waals surface area contributed by atoms with Gasteiger partial charge in [-0.25, -0.2) is 0 Å². The first-order valence-electron chi connectivity index (χ1n) is 5.71. The molecule has 1 fully saturated rings. The van der Waals surface area contributed by atoms with Crippen LogP contribution in [0, 0.1) is 5.92 Å². The van der Waals surface area contributed by atoms with E-state index < -0.39 is 0 Å². The first-order valence-corrected chi connectivity index (χ1v) is 5.71. The molecule has 1 aromatic heterocycles. The molecule has 1 N–H and O–H groups in total. The first kappa shape index (κ1) is 10.7. The molecule has 0 bridgehead atoms. The summed E-state index contributed by atoms with van der Waals surface area (Å²) in [6.07, 6.45) is 3.18. The highest BCUT2D eigenvalue weighted by atomic mass is 16.3. The SMILES string of the molecule is CNCc1coc(CN2CCC(C)C2)c1. The van der Waals surface area contributed by atoms with Crippen molar-refractivity contribution in [3.63, 3.8) is 0 Å². The van der Waals surface area contributed by atoms with Gasteiger partial charge in [-0.3, -0.25) is 4.90 Å². The van der Waals surface area contributed by atoms with Gasteiger partial charge in [0.1, 0.15) is 5.76 Å². The van der Waals surface area contributed by atoms with Crippen LogP contribution >= 0.6 is 0 Å². The summed E-state index contributed by atoms with van der Waals surface area (Å²) in [7, 11) is 1.95. The molecule has 0 aliphatic carbocycles. The Morgan fingerprint density at radius 3 is 3.13 bits per heavy atom. The summed E-state index contributed by atoms with van der Waals surface area (Å²) in [5.41, 5.74) is 1.24. The minimum Gasteiger partial charge on any atom is -0.468 e. The molecule has 15 heavy (non-hydrogen) atoms. The molecule has 84 valence electrons. The number of furan rings is 1. The summed E-state index contributed by atoms with van der Waals surface area (Å²) < 4.78 is 5.53. The normalized spacial score (nSPS) is 22.4.